The molecule has 0 heterocycles. The Bertz CT molecular complexity index is 781. The van der Waals surface area contributed by atoms with Crippen LogP contribution in [0, 0.1) is 0 Å². The highest BCUT2D eigenvalue weighted by molar-refractivity contribution is 14.1. The van der Waals surface area contributed by atoms with Crippen LogP contribution >= 0.6 is 29.9 Å². The molecule has 4 heteroatoms. The van der Waals surface area contributed by atoms with Gasteiger partial charge in [-0.3, -0.25) is 9.65 Å². The molecule has 3 rings (SSSR count). The van der Waals surface area contributed by atoms with Crippen LogP contribution in [0.25, 0.3) is 0 Å². The van der Waals surface area contributed by atoms with E-state index in [1.807, 2.05) is 78.9 Å². The van der Waals surface area contributed by atoms with Crippen molar-refractivity contribution in [2.24, 2.45) is 0 Å². The van der Waals surface area contributed by atoms with Gasteiger partial charge in [-0.25, -0.2) is 0 Å². The van der Waals surface area contributed by atoms with Crippen LogP contribution in [0.15, 0.2) is 91.0 Å². The molecule has 0 unspecified atom stereocenters. The first kappa shape index (κ1) is 18.4. The summed E-state index contributed by atoms with van der Waals surface area (Å²) in [6.45, 7) is 0. The van der Waals surface area contributed by atoms with E-state index in [0.717, 1.165) is 21.5 Å². The van der Waals surface area contributed by atoms with Gasteiger partial charge < -0.3 is 0 Å². The summed E-state index contributed by atoms with van der Waals surface area (Å²) >= 11 is 2.37. The zero-order valence-electron chi connectivity index (χ0n) is 13.9. The Morgan fingerprint density at radius 1 is 0.760 bits per heavy atom. The number of rotatable bonds is 7. The number of benzene rings is 3. The van der Waals surface area contributed by atoms with Gasteiger partial charge in [0.2, 0.25) is 7.29 Å². The number of halogens is 1. The molecule has 0 aliphatic rings. The van der Waals surface area contributed by atoms with Crippen molar-refractivity contribution in [1.29, 1.82) is 0 Å². The molecule has 0 amide bonds. The van der Waals surface area contributed by atoms with Crippen LogP contribution in [0.3, 0.4) is 0 Å². The molecule has 128 valence electrons. The predicted octanol–water partition coefficient (Wildman–Crippen LogP) is 4.55. The van der Waals surface area contributed by atoms with Crippen LogP contribution in [-0.4, -0.2) is 10.5 Å². The Labute approximate surface area is 163 Å². The fourth-order valence-corrected chi connectivity index (χ4v) is 6.22. The Morgan fingerprint density at radius 2 is 1.20 bits per heavy atom. The minimum atomic E-state index is -2.89. The third kappa shape index (κ3) is 4.60. The Morgan fingerprint density at radius 3 is 1.64 bits per heavy atom. The predicted molar refractivity (Wildman–Crippen MR) is 116 cm³/mol. The summed E-state index contributed by atoms with van der Waals surface area (Å²) in [5.41, 5.74) is 1.25. The summed E-state index contributed by atoms with van der Waals surface area (Å²) in [7, 11) is -2.89. The van der Waals surface area contributed by atoms with Crippen molar-refractivity contribution < 1.29 is 4.57 Å². The smallest absolute Gasteiger partial charge is 0.204 e. The molecule has 0 radical (unpaired) electrons. The molecule has 1 atom stereocenters. The maximum Gasteiger partial charge on any atom is 0.204 e. The maximum atomic E-state index is 14.1. The molecular formula is C21H21INOP. The summed E-state index contributed by atoms with van der Waals surface area (Å²) in [4.78, 5) is 0. The Kier molecular flexibility index (Phi) is 6.46. The SMILES string of the molecule is O=P(N[C@H](CI)Cc1ccccc1)(c1ccccc1)c1ccccc1. The van der Waals surface area contributed by atoms with E-state index >= 15 is 0 Å². The van der Waals surface area contributed by atoms with Gasteiger partial charge >= 0.3 is 0 Å². The van der Waals surface area contributed by atoms with Gasteiger partial charge in [0.1, 0.15) is 0 Å². The second-order valence-electron chi connectivity index (χ2n) is 5.95. The first-order chi connectivity index (χ1) is 12.2. The molecule has 0 saturated carbocycles. The molecule has 0 aromatic heterocycles. The van der Waals surface area contributed by atoms with Crippen LogP contribution in [-0.2, 0) is 11.0 Å². The van der Waals surface area contributed by atoms with Gasteiger partial charge in [-0.2, -0.15) is 0 Å². The van der Waals surface area contributed by atoms with Gasteiger partial charge in [0.05, 0.1) is 0 Å². The standard InChI is InChI=1S/C21H21INOP/c22-17-19(16-18-10-4-1-5-11-18)23-25(24,20-12-6-2-7-13-20)21-14-8-3-9-15-21/h1-15,19H,16-17H2,(H,23,24)/t19-/m0/s1. The van der Waals surface area contributed by atoms with Crippen molar-refractivity contribution >= 4 is 40.5 Å². The number of alkyl halides is 1. The van der Waals surface area contributed by atoms with Crippen LogP contribution in [0.4, 0.5) is 0 Å². The van der Waals surface area contributed by atoms with Gasteiger partial charge in [0.15, 0.2) is 0 Å². The van der Waals surface area contributed by atoms with Crippen LogP contribution in [0.2, 0.25) is 0 Å². The van der Waals surface area contributed by atoms with Crippen molar-refractivity contribution in [3.63, 3.8) is 0 Å². The Hall–Kier alpha value is -1.42. The van der Waals surface area contributed by atoms with Crippen LogP contribution in [0.1, 0.15) is 5.56 Å². The minimum Gasteiger partial charge on any atom is -0.297 e. The van der Waals surface area contributed by atoms with E-state index in [-0.39, 0.29) is 6.04 Å². The van der Waals surface area contributed by atoms with E-state index in [9.17, 15) is 4.57 Å². The van der Waals surface area contributed by atoms with Crippen molar-refractivity contribution in [1.82, 2.24) is 5.09 Å². The second kappa shape index (κ2) is 8.79. The highest BCUT2D eigenvalue weighted by atomic mass is 127. The van der Waals surface area contributed by atoms with Gasteiger partial charge in [-0.15, -0.1) is 0 Å². The Balaban J connectivity index is 1.93. The molecule has 1 N–H and O–H groups in total. The fraction of sp³-hybridized carbons (Fsp3) is 0.143. The lowest BCUT2D eigenvalue weighted by molar-refractivity contribution is 0.565. The normalized spacial score (nSPS) is 12.7. The molecule has 0 bridgehead atoms. The number of nitrogens with one attached hydrogen (secondary N) is 1. The molecular weight excluding hydrogens is 440 g/mol. The van der Waals surface area contributed by atoms with E-state index in [4.69, 9.17) is 0 Å². The summed E-state index contributed by atoms with van der Waals surface area (Å²) < 4.78 is 14.9. The number of hydrogen-bond donors (Lipinski definition) is 1. The molecule has 0 spiro atoms. The molecule has 0 aliphatic heterocycles. The lowest BCUT2D eigenvalue weighted by Gasteiger charge is -2.26. The molecule has 25 heavy (non-hydrogen) atoms. The molecule has 0 fully saturated rings. The topological polar surface area (TPSA) is 29.1 Å². The minimum absolute atomic E-state index is 0.134. The zero-order valence-corrected chi connectivity index (χ0v) is 16.9. The van der Waals surface area contributed by atoms with E-state index in [1.54, 1.807) is 0 Å². The van der Waals surface area contributed by atoms with Crippen molar-refractivity contribution in [3.8, 4) is 0 Å². The zero-order chi connectivity index (χ0) is 17.5. The average molecular weight is 461 g/mol. The fourth-order valence-electron chi connectivity index (χ4n) is 2.86. The summed E-state index contributed by atoms with van der Waals surface area (Å²) in [6, 6.07) is 30.0. The van der Waals surface area contributed by atoms with Gasteiger partial charge in [0, 0.05) is 21.1 Å². The molecule has 0 saturated heterocycles. The van der Waals surface area contributed by atoms with Gasteiger partial charge in [-0.1, -0.05) is 89.3 Å². The average Bonchev–Trinajstić information content (AvgIpc) is 2.69. The third-order valence-corrected chi connectivity index (χ3v) is 7.96. The third-order valence-electron chi connectivity index (χ3n) is 4.12. The number of hydrogen-bond acceptors (Lipinski definition) is 1. The van der Waals surface area contributed by atoms with E-state index in [0.29, 0.717) is 0 Å². The van der Waals surface area contributed by atoms with E-state index in [2.05, 4.69) is 39.8 Å². The first-order valence-corrected chi connectivity index (χ1v) is 11.5. The quantitative estimate of drug-likeness (QED) is 0.318. The van der Waals surface area contributed by atoms with Crippen molar-refractivity contribution in [2.75, 3.05) is 4.43 Å². The summed E-state index contributed by atoms with van der Waals surface area (Å²) in [6.07, 6.45) is 0.855. The van der Waals surface area contributed by atoms with Crippen LogP contribution < -0.4 is 15.7 Å². The van der Waals surface area contributed by atoms with Gasteiger partial charge in [-0.05, 0) is 36.2 Å². The monoisotopic (exact) mass is 461 g/mol. The van der Waals surface area contributed by atoms with Crippen molar-refractivity contribution in [3.05, 3.63) is 96.6 Å². The van der Waals surface area contributed by atoms with Crippen LogP contribution in [0.5, 0.6) is 0 Å². The highest BCUT2D eigenvalue weighted by Crippen LogP contribution is 2.39. The summed E-state index contributed by atoms with van der Waals surface area (Å²) in [5, 5.41) is 5.21. The van der Waals surface area contributed by atoms with E-state index < -0.39 is 7.29 Å². The lowest BCUT2D eigenvalue weighted by Crippen LogP contribution is -2.37. The highest BCUT2D eigenvalue weighted by Gasteiger charge is 2.29. The molecule has 2 nitrogen and oxygen atoms in total. The van der Waals surface area contributed by atoms with Gasteiger partial charge in [0.25, 0.3) is 0 Å². The first-order valence-electron chi connectivity index (χ1n) is 8.31. The lowest BCUT2D eigenvalue weighted by atomic mass is 10.1. The summed E-state index contributed by atoms with van der Waals surface area (Å²) in [5.74, 6) is 0. The van der Waals surface area contributed by atoms with Crippen molar-refractivity contribution in [2.45, 2.75) is 12.5 Å². The molecule has 0 aliphatic carbocycles. The molecule has 3 aromatic carbocycles. The largest absolute Gasteiger partial charge is 0.297 e. The van der Waals surface area contributed by atoms with E-state index in [1.165, 1.54) is 5.56 Å². The second-order valence-corrected chi connectivity index (χ2v) is 9.34. The molecule has 3 aromatic rings. The maximum absolute atomic E-state index is 14.1.